The number of benzene rings is 2. The Bertz CT molecular complexity index is 882. The molecule has 134 valence electrons. The van der Waals surface area contributed by atoms with E-state index in [4.69, 9.17) is 4.74 Å². The second-order valence-electron chi connectivity index (χ2n) is 5.53. The number of nitrogens with one attached hydrogen (secondary N) is 1. The van der Waals surface area contributed by atoms with Crippen molar-refractivity contribution in [3.05, 3.63) is 53.8 Å². The fraction of sp³-hybridized carbons (Fsp3) is 0.235. The van der Waals surface area contributed by atoms with Crippen molar-refractivity contribution < 1.29 is 22.3 Å². The van der Waals surface area contributed by atoms with Crippen molar-refractivity contribution in [3.63, 3.8) is 0 Å². The highest BCUT2D eigenvalue weighted by Crippen LogP contribution is 2.23. The maximum atomic E-state index is 13.5. The minimum atomic E-state index is -3.54. The third kappa shape index (κ3) is 4.55. The van der Waals surface area contributed by atoms with E-state index >= 15 is 0 Å². The molecule has 0 unspecified atom stereocenters. The molecule has 2 rings (SSSR count). The Morgan fingerprint density at radius 2 is 1.88 bits per heavy atom. The average molecular weight is 366 g/mol. The summed E-state index contributed by atoms with van der Waals surface area (Å²) in [6.45, 7) is 1.35. The summed E-state index contributed by atoms with van der Waals surface area (Å²) in [6, 6.07) is 10.2. The van der Waals surface area contributed by atoms with Gasteiger partial charge >= 0.3 is 0 Å². The van der Waals surface area contributed by atoms with Crippen LogP contribution in [0.5, 0.6) is 5.75 Å². The van der Waals surface area contributed by atoms with Gasteiger partial charge in [0.2, 0.25) is 10.0 Å². The number of hydrogen-bond acceptors (Lipinski definition) is 4. The number of rotatable bonds is 6. The molecule has 0 atom stereocenters. The summed E-state index contributed by atoms with van der Waals surface area (Å²) in [5.41, 5.74) is 0.641. The van der Waals surface area contributed by atoms with Crippen LogP contribution >= 0.6 is 0 Å². The van der Waals surface area contributed by atoms with Crippen molar-refractivity contribution in [1.82, 2.24) is 4.31 Å². The molecule has 0 aromatic heterocycles. The normalized spacial score (nSPS) is 11.4. The zero-order valence-electron chi connectivity index (χ0n) is 14.1. The van der Waals surface area contributed by atoms with Gasteiger partial charge in [-0.25, -0.2) is 17.1 Å². The fourth-order valence-electron chi connectivity index (χ4n) is 2.05. The number of amides is 1. The van der Waals surface area contributed by atoms with Gasteiger partial charge in [-0.15, -0.1) is 0 Å². The molecule has 0 saturated heterocycles. The lowest BCUT2D eigenvalue weighted by molar-refractivity contribution is -0.118. The summed E-state index contributed by atoms with van der Waals surface area (Å²) in [4.78, 5) is 12.0. The molecule has 8 heteroatoms. The summed E-state index contributed by atoms with van der Waals surface area (Å²) in [5, 5.41) is 2.41. The molecule has 0 aliphatic rings. The number of aryl methyl sites for hydroxylation is 1. The number of hydrogen-bond donors (Lipinski definition) is 1. The van der Waals surface area contributed by atoms with Gasteiger partial charge in [0.1, 0.15) is 11.6 Å². The lowest BCUT2D eigenvalue weighted by atomic mass is 10.2. The number of sulfonamides is 1. The first-order valence-corrected chi connectivity index (χ1v) is 8.86. The van der Waals surface area contributed by atoms with Gasteiger partial charge in [0.15, 0.2) is 6.61 Å². The van der Waals surface area contributed by atoms with Crippen molar-refractivity contribution in [2.24, 2.45) is 0 Å². The van der Waals surface area contributed by atoms with Crippen LogP contribution in [0, 0.1) is 12.7 Å². The molecule has 2 aromatic rings. The molecule has 0 heterocycles. The van der Waals surface area contributed by atoms with E-state index in [0.717, 1.165) is 4.31 Å². The van der Waals surface area contributed by atoms with Crippen LogP contribution in [0.3, 0.4) is 0 Å². The van der Waals surface area contributed by atoms with Crippen LogP contribution in [0.4, 0.5) is 10.1 Å². The quantitative estimate of drug-likeness (QED) is 0.852. The number of carbonyl (C=O) groups excluding carboxylic acids is 1. The molecule has 0 fully saturated rings. The molecule has 2 aromatic carbocycles. The van der Waals surface area contributed by atoms with Gasteiger partial charge < -0.3 is 10.1 Å². The molecule has 0 aliphatic heterocycles. The number of halogens is 1. The third-order valence-corrected chi connectivity index (χ3v) is 5.24. The summed E-state index contributed by atoms with van der Waals surface area (Å²) in [5.74, 6) is -0.679. The van der Waals surface area contributed by atoms with Gasteiger partial charge in [-0.05, 0) is 42.8 Å². The average Bonchev–Trinajstić information content (AvgIpc) is 2.55. The largest absolute Gasteiger partial charge is 0.483 e. The molecule has 1 N–H and O–H groups in total. The molecule has 0 radical (unpaired) electrons. The van der Waals surface area contributed by atoms with Crippen LogP contribution in [-0.4, -0.2) is 39.3 Å². The van der Waals surface area contributed by atoms with Crippen LogP contribution in [0.15, 0.2) is 47.4 Å². The monoisotopic (exact) mass is 366 g/mol. The smallest absolute Gasteiger partial charge is 0.262 e. The molecule has 0 aliphatic carbocycles. The minimum absolute atomic E-state index is 0.0697. The van der Waals surface area contributed by atoms with Gasteiger partial charge in [0.05, 0.1) is 10.6 Å². The van der Waals surface area contributed by atoms with Crippen molar-refractivity contribution in [3.8, 4) is 5.75 Å². The first-order valence-electron chi connectivity index (χ1n) is 7.42. The van der Waals surface area contributed by atoms with Gasteiger partial charge in [-0.1, -0.05) is 12.1 Å². The standard InChI is InChI=1S/C17H19FN2O4S/c1-12-10-13(25(22,23)20(2)3)8-9-16(12)24-11-17(21)19-15-7-5-4-6-14(15)18/h4-10H,11H2,1-3H3,(H,19,21). The number of anilines is 1. The highest BCUT2D eigenvalue weighted by atomic mass is 32.2. The van der Waals surface area contributed by atoms with Crippen molar-refractivity contribution >= 4 is 21.6 Å². The maximum Gasteiger partial charge on any atom is 0.262 e. The Kier molecular flexibility index (Phi) is 5.76. The van der Waals surface area contributed by atoms with E-state index in [-0.39, 0.29) is 17.2 Å². The predicted molar refractivity (Wildman–Crippen MR) is 92.6 cm³/mol. The maximum absolute atomic E-state index is 13.5. The van der Waals surface area contributed by atoms with Crippen LogP contribution in [0.25, 0.3) is 0 Å². The Balaban J connectivity index is 2.04. The molecule has 1 amide bonds. The Labute approximate surface area is 146 Å². The third-order valence-electron chi connectivity index (χ3n) is 3.43. The zero-order valence-corrected chi connectivity index (χ0v) is 14.9. The van der Waals surface area contributed by atoms with Crippen molar-refractivity contribution in [2.45, 2.75) is 11.8 Å². The summed E-state index contributed by atoms with van der Waals surface area (Å²) in [6.07, 6.45) is 0. The van der Waals surface area contributed by atoms with E-state index in [1.165, 1.54) is 50.5 Å². The fourth-order valence-corrected chi connectivity index (χ4v) is 3.03. The van der Waals surface area contributed by atoms with E-state index in [1.807, 2.05) is 0 Å². The van der Waals surface area contributed by atoms with Crippen LogP contribution in [0.2, 0.25) is 0 Å². The number of carbonyl (C=O) groups is 1. The summed E-state index contributed by atoms with van der Waals surface area (Å²) < 4.78 is 44.2. The van der Waals surface area contributed by atoms with E-state index in [1.54, 1.807) is 13.0 Å². The number of para-hydroxylation sites is 1. The van der Waals surface area contributed by atoms with Gasteiger partial charge in [-0.2, -0.15) is 0 Å². The van der Waals surface area contributed by atoms with E-state index in [2.05, 4.69) is 5.32 Å². The van der Waals surface area contributed by atoms with Gasteiger partial charge in [0.25, 0.3) is 5.91 Å². The second-order valence-corrected chi connectivity index (χ2v) is 7.68. The molecule has 0 spiro atoms. The van der Waals surface area contributed by atoms with Crippen LogP contribution in [0.1, 0.15) is 5.56 Å². The molecule has 0 bridgehead atoms. The van der Waals surface area contributed by atoms with Crippen LogP contribution < -0.4 is 10.1 Å². The highest BCUT2D eigenvalue weighted by molar-refractivity contribution is 7.89. The SMILES string of the molecule is Cc1cc(S(=O)(=O)N(C)C)ccc1OCC(=O)Nc1ccccc1F. The van der Waals surface area contributed by atoms with E-state index < -0.39 is 21.7 Å². The number of ether oxygens (including phenoxy) is 1. The van der Waals surface area contributed by atoms with Gasteiger partial charge in [0, 0.05) is 14.1 Å². The molecule has 25 heavy (non-hydrogen) atoms. The minimum Gasteiger partial charge on any atom is -0.483 e. The molecule has 0 saturated carbocycles. The van der Waals surface area contributed by atoms with Crippen molar-refractivity contribution in [1.29, 1.82) is 0 Å². The topological polar surface area (TPSA) is 75.7 Å². The Morgan fingerprint density at radius 3 is 2.48 bits per heavy atom. The van der Waals surface area contributed by atoms with E-state index in [0.29, 0.717) is 11.3 Å². The molecular weight excluding hydrogens is 347 g/mol. The Hall–Kier alpha value is -2.45. The molecule has 6 nitrogen and oxygen atoms in total. The summed E-state index contributed by atoms with van der Waals surface area (Å²) >= 11 is 0. The predicted octanol–water partition coefficient (Wildman–Crippen LogP) is 2.40. The molecular formula is C17H19FN2O4S. The van der Waals surface area contributed by atoms with E-state index in [9.17, 15) is 17.6 Å². The van der Waals surface area contributed by atoms with Crippen LogP contribution in [-0.2, 0) is 14.8 Å². The highest BCUT2D eigenvalue weighted by Gasteiger charge is 2.18. The van der Waals surface area contributed by atoms with Gasteiger partial charge in [-0.3, -0.25) is 4.79 Å². The first kappa shape index (κ1) is 18.9. The lowest BCUT2D eigenvalue weighted by Gasteiger charge is -2.14. The van der Waals surface area contributed by atoms with Crippen molar-refractivity contribution in [2.75, 3.05) is 26.0 Å². The summed E-state index contributed by atoms with van der Waals surface area (Å²) in [7, 11) is -0.643. The Morgan fingerprint density at radius 1 is 1.20 bits per heavy atom. The number of nitrogens with zero attached hydrogens (tertiary/aromatic N) is 1. The first-order chi connectivity index (χ1) is 11.7. The second kappa shape index (κ2) is 7.62. The zero-order chi connectivity index (χ0) is 18.6. The lowest BCUT2D eigenvalue weighted by Crippen LogP contribution is -2.22.